The van der Waals surface area contributed by atoms with Crippen LogP contribution < -0.4 is 5.32 Å². The lowest BCUT2D eigenvalue weighted by Crippen LogP contribution is -2.17. The van der Waals surface area contributed by atoms with Crippen LogP contribution in [0.25, 0.3) is 0 Å². The van der Waals surface area contributed by atoms with Crippen molar-refractivity contribution >= 4 is 21.6 Å². The molecule has 2 aromatic carbocycles. The topological polar surface area (TPSA) is 12.0 Å². The van der Waals surface area contributed by atoms with Gasteiger partial charge in [0, 0.05) is 22.6 Å². The fourth-order valence-electron chi connectivity index (χ4n) is 2.42. The van der Waals surface area contributed by atoms with Crippen LogP contribution in [-0.4, -0.2) is 6.54 Å². The Balaban J connectivity index is 2.08. The SMILES string of the molecule is Cc1cc(NCC(c2ccccc2)C(C)C)ccc1Br. The molecule has 0 aliphatic heterocycles. The summed E-state index contributed by atoms with van der Waals surface area (Å²) in [6.45, 7) is 7.65. The van der Waals surface area contributed by atoms with Gasteiger partial charge in [0.1, 0.15) is 0 Å². The fraction of sp³-hybridized carbons (Fsp3) is 0.333. The van der Waals surface area contributed by atoms with Crippen molar-refractivity contribution in [1.82, 2.24) is 0 Å². The minimum Gasteiger partial charge on any atom is -0.384 e. The Hall–Kier alpha value is -1.28. The third-order valence-electron chi connectivity index (χ3n) is 3.72. The number of nitrogens with one attached hydrogen (secondary N) is 1. The molecule has 0 bridgehead atoms. The third kappa shape index (κ3) is 3.86. The molecule has 1 unspecified atom stereocenters. The van der Waals surface area contributed by atoms with Gasteiger partial charge in [-0.2, -0.15) is 0 Å². The lowest BCUT2D eigenvalue weighted by atomic mass is 9.88. The smallest absolute Gasteiger partial charge is 0.0343 e. The summed E-state index contributed by atoms with van der Waals surface area (Å²) in [5.74, 6) is 1.14. The summed E-state index contributed by atoms with van der Waals surface area (Å²) in [6, 6.07) is 17.2. The summed E-state index contributed by atoms with van der Waals surface area (Å²) in [5.41, 5.74) is 3.85. The van der Waals surface area contributed by atoms with Crippen molar-refractivity contribution in [2.45, 2.75) is 26.7 Å². The van der Waals surface area contributed by atoms with Crippen LogP contribution in [0.3, 0.4) is 0 Å². The molecule has 1 nitrogen and oxygen atoms in total. The van der Waals surface area contributed by atoms with Gasteiger partial charge in [-0.3, -0.25) is 0 Å². The molecule has 0 aliphatic rings. The zero-order valence-electron chi connectivity index (χ0n) is 12.4. The predicted molar refractivity (Wildman–Crippen MR) is 91.4 cm³/mol. The number of anilines is 1. The van der Waals surface area contributed by atoms with Crippen molar-refractivity contribution in [3.63, 3.8) is 0 Å². The van der Waals surface area contributed by atoms with E-state index >= 15 is 0 Å². The van der Waals surface area contributed by atoms with Crippen molar-refractivity contribution in [3.05, 3.63) is 64.1 Å². The van der Waals surface area contributed by atoms with Gasteiger partial charge in [-0.15, -0.1) is 0 Å². The molecule has 0 fully saturated rings. The molecule has 0 saturated heterocycles. The normalized spacial score (nSPS) is 12.4. The van der Waals surface area contributed by atoms with Gasteiger partial charge in [0.2, 0.25) is 0 Å². The maximum atomic E-state index is 3.57. The summed E-state index contributed by atoms with van der Waals surface area (Å²) >= 11 is 3.54. The second-order valence-electron chi connectivity index (χ2n) is 5.61. The molecular formula is C18H22BrN. The van der Waals surface area contributed by atoms with Gasteiger partial charge in [0.15, 0.2) is 0 Å². The summed E-state index contributed by atoms with van der Waals surface area (Å²) in [4.78, 5) is 0. The maximum Gasteiger partial charge on any atom is 0.0343 e. The van der Waals surface area contributed by atoms with Gasteiger partial charge in [-0.05, 0) is 42.2 Å². The Bertz CT molecular complexity index is 549. The van der Waals surface area contributed by atoms with Gasteiger partial charge >= 0.3 is 0 Å². The Morgan fingerprint density at radius 3 is 2.35 bits per heavy atom. The summed E-state index contributed by atoms with van der Waals surface area (Å²) in [7, 11) is 0. The minimum absolute atomic E-state index is 0.528. The van der Waals surface area contributed by atoms with Crippen LogP contribution in [0.5, 0.6) is 0 Å². The average molecular weight is 332 g/mol. The highest BCUT2D eigenvalue weighted by molar-refractivity contribution is 9.10. The van der Waals surface area contributed by atoms with Crippen molar-refractivity contribution < 1.29 is 0 Å². The number of benzene rings is 2. The van der Waals surface area contributed by atoms with Crippen LogP contribution in [0.1, 0.15) is 30.9 Å². The Morgan fingerprint density at radius 2 is 1.75 bits per heavy atom. The Labute approximate surface area is 130 Å². The zero-order chi connectivity index (χ0) is 14.5. The van der Waals surface area contributed by atoms with E-state index in [0.29, 0.717) is 11.8 Å². The molecule has 2 aromatic rings. The van der Waals surface area contributed by atoms with E-state index in [2.05, 4.69) is 90.5 Å². The maximum absolute atomic E-state index is 3.57. The molecule has 0 aliphatic carbocycles. The van der Waals surface area contributed by atoms with Gasteiger partial charge < -0.3 is 5.32 Å². The number of halogens is 1. The second-order valence-corrected chi connectivity index (χ2v) is 6.46. The van der Waals surface area contributed by atoms with Crippen LogP contribution in [0, 0.1) is 12.8 Å². The highest BCUT2D eigenvalue weighted by Gasteiger charge is 2.15. The van der Waals surface area contributed by atoms with Gasteiger partial charge in [0.05, 0.1) is 0 Å². The molecule has 1 N–H and O–H groups in total. The summed E-state index contributed by atoms with van der Waals surface area (Å²) in [6.07, 6.45) is 0. The van der Waals surface area contributed by atoms with Crippen LogP contribution >= 0.6 is 15.9 Å². The van der Waals surface area contributed by atoms with E-state index in [0.717, 1.165) is 11.0 Å². The van der Waals surface area contributed by atoms with Crippen molar-refractivity contribution in [2.75, 3.05) is 11.9 Å². The molecule has 0 amide bonds. The van der Waals surface area contributed by atoms with E-state index in [1.807, 2.05) is 0 Å². The largest absolute Gasteiger partial charge is 0.384 e. The molecule has 0 saturated carbocycles. The number of aryl methyl sites for hydroxylation is 1. The molecule has 0 spiro atoms. The molecule has 106 valence electrons. The summed E-state index contributed by atoms with van der Waals surface area (Å²) < 4.78 is 1.16. The molecule has 20 heavy (non-hydrogen) atoms. The van der Waals surface area contributed by atoms with Crippen LogP contribution in [0.15, 0.2) is 53.0 Å². The number of rotatable bonds is 5. The fourth-order valence-corrected chi connectivity index (χ4v) is 2.67. The molecule has 0 radical (unpaired) electrons. The first-order chi connectivity index (χ1) is 9.58. The minimum atomic E-state index is 0.528. The molecular weight excluding hydrogens is 310 g/mol. The predicted octanol–water partition coefficient (Wildman–Crippen LogP) is 5.61. The first kappa shape index (κ1) is 15.1. The second kappa shape index (κ2) is 6.94. The average Bonchev–Trinajstić information content (AvgIpc) is 2.44. The Kier molecular flexibility index (Phi) is 5.24. The molecule has 1 atom stereocenters. The molecule has 0 heterocycles. The van der Waals surface area contributed by atoms with Crippen LogP contribution in [-0.2, 0) is 0 Å². The first-order valence-electron chi connectivity index (χ1n) is 7.13. The van der Waals surface area contributed by atoms with Gasteiger partial charge in [0.25, 0.3) is 0 Å². The van der Waals surface area contributed by atoms with E-state index in [9.17, 15) is 0 Å². The zero-order valence-corrected chi connectivity index (χ0v) is 13.9. The van der Waals surface area contributed by atoms with Crippen molar-refractivity contribution in [2.24, 2.45) is 5.92 Å². The van der Waals surface area contributed by atoms with E-state index in [1.165, 1.54) is 16.8 Å². The van der Waals surface area contributed by atoms with E-state index < -0.39 is 0 Å². The lowest BCUT2D eigenvalue weighted by molar-refractivity contribution is 0.517. The standard InChI is InChI=1S/C18H22BrN/c1-13(2)17(15-7-5-4-6-8-15)12-20-16-9-10-18(19)14(3)11-16/h4-11,13,17,20H,12H2,1-3H3. The molecule has 2 rings (SSSR count). The molecule has 2 heteroatoms. The summed E-state index contributed by atoms with van der Waals surface area (Å²) in [5, 5.41) is 3.57. The monoisotopic (exact) mass is 331 g/mol. The highest BCUT2D eigenvalue weighted by atomic mass is 79.9. The van der Waals surface area contributed by atoms with E-state index in [4.69, 9.17) is 0 Å². The third-order valence-corrected chi connectivity index (χ3v) is 4.61. The lowest BCUT2D eigenvalue weighted by Gasteiger charge is -2.22. The van der Waals surface area contributed by atoms with Crippen molar-refractivity contribution in [1.29, 1.82) is 0 Å². The number of hydrogen-bond acceptors (Lipinski definition) is 1. The van der Waals surface area contributed by atoms with E-state index in [1.54, 1.807) is 0 Å². The van der Waals surface area contributed by atoms with Gasteiger partial charge in [-0.25, -0.2) is 0 Å². The highest BCUT2D eigenvalue weighted by Crippen LogP contribution is 2.26. The van der Waals surface area contributed by atoms with E-state index in [-0.39, 0.29) is 0 Å². The van der Waals surface area contributed by atoms with Crippen LogP contribution in [0.4, 0.5) is 5.69 Å². The quantitative estimate of drug-likeness (QED) is 0.750. The van der Waals surface area contributed by atoms with Crippen molar-refractivity contribution in [3.8, 4) is 0 Å². The van der Waals surface area contributed by atoms with Gasteiger partial charge in [-0.1, -0.05) is 60.1 Å². The van der Waals surface area contributed by atoms with Crippen LogP contribution in [0.2, 0.25) is 0 Å². The first-order valence-corrected chi connectivity index (χ1v) is 7.92. The molecule has 0 aromatic heterocycles. The number of hydrogen-bond donors (Lipinski definition) is 1. The Morgan fingerprint density at radius 1 is 1.05 bits per heavy atom.